The average Bonchev–Trinajstić information content (AvgIpc) is 3.20. The van der Waals surface area contributed by atoms with E-state index in [0.717, 1.165) is 24.1 Å². The summed E-state index contributed by atoms with van der Waals surface area (Å²) in [5.74, 6) is -0.374. The lowest BCUT2D eigenvalue weighted by Gasteiger charge is -2.38. The van der Waals surface area contributed by atoms with E-state index in [2.05, 4.69) is 5.32 Å². The molecule has 2 N–H and O–H groups in total. The van der Waals surface area contributed by atoms with Crippen molar-refractivity contribution in [3.63, 3.8) is 0 Å². The minimum atomic E-state index is -1.40. The van der Waals surface area contributed by atoms with Gasteiger partial charge in [0.1, 0.15) is 11.4 Å². The average molecular weight is 400 g/mol. The SMILES string of the molecule is CC(=O)C(=N)C1=C(NCC(=O)N2CCC(C(C)(F)c3ccccc3)CC2)CCC1. The van der Waals surface area contributed by atoms with Crippen LogP contribution in [0.4, 0.5) is 4.39 Å². The van der Waals surface area contributed by atoms with Gasteiger partial charge in [-0.3, -0.25) is 15.0 Å². The third kappa shape index (κ3) is 4.74. The van der Waals surface area contributed by atoms with E-state index < -0.39 is 5.67 Å². The summed E-state index contributed by atoms with van der Waals surface area (Å²) in [5.41, 5.74) is 0.918. The van der Waals surface area contributed by atoms with Crippen molar-refractivity contribution in [3.8, 4) is 0 Å². The van der Waals surface area contributed by atoms with Gasteiger partial charge in [0.15, 0.2) is 5.78 Å². The lowest BCUT2D eigenvalue weighted by Crippen LogP contribution is -2.45. The lowest BCUT2D eigenvalue weighted by molar-refractivity contribution is -0.132. The maximum Gasteiger partial charge on any atom is 0.241 e. The monoisotopic (exact) mass is 399 g/mol. The van der Waals surface area contributed by atoms with Crippen molar-refractivity contribution in [1.82, 2.24) is 10.2 Å². The van der Waals surface area contributed by atoms with Crippen molar-refractivity contribution in [3.05, 3.63) is 47.2 Å². The molecular formula is C23H30FN3O2. The van der Waals surface area contributed by atoms with Crippen LogP contribution in [0.25, 0.3) is 0 Å². The number of nitrogens with one attached hydrogen (secondary N) is 2. The molecule has 1 fully saturated rings. The Morgan fingerprint density at radius 3 is 2.48 bits per heavy atom. The molecule has 1 heterocycles. The second-order valence-electron chi connectivity index (χ2n) is 8.19. The van der Waals surface area contributed by atoms with Gasteiger partial charge in [-0.15, -0.1) is 0 Å². The maximum absolute atomic E-state index is 15.4. The number of piperidine rings is 1. The third-order valence-electron chi connectivity index (χ3n) is 6.28. The van der Waals surface area contributed by atoms with E-state index in [9.17, 15) is 9.59 Å². The van der Waals surface area contributed by atoms with Crippen LogP contribution in [0, 0.1) is 11.3 Å². The number of alkyl halides is 1. The van der Waals surface area contributed by atoms with Gasteiger partial charge in [0.25, 0.3) is 0 Å². The number of ketones is 1. The second kappa shape index (κ2) is 8.89. The number of hydrogen-bond donors (Lipinski definition) is 2. The number of halogens is 1. The summed E-state index contributed by atoms with van der Waals surface area (Å²) < 4.78 is 15.4. The molecule has 0 aromatic heterocycles. The number of carbonyl (C=O) groups excluding carboxylic acids is 2. The molecule has 1 aliphatic carbocycles. The van der Waals surface area contributed by atoms with Crippen LogP contribution in [-0.4, -0.2) is 41.9 Å². The molecule has 0 radical (unpaired) electrons. The number of allylic oxidation sites excluding steroid dienone is 2. The van der Waals surface area contributed by atoms with Gasteiger partial charge < -0.3 is 10.2 Å². The number of carbonyl (C=O) groups is 2. The summed E-state index contributed by atoms with van der Waals surface area (Å²) in [5, 5.41) is 11.1. The summed E-state index contributed by atoms with van der Waals surface area (Å²) in [6.45, 7) is 4.29. The van der Waals surface area contributed by atoms with Crippen molar-refractivity contribution in [2.45, 2.75) is 51.6 Å². The van der Waals surface area contributed by atoms with Crippen molar-refractivity contribution in [2.75, 3.05) is 19.6 Å². The largest absolute Gasteiger partial charge is 0.379 e. The first-order chi connectivity index (χ1) is 13.8. The molecule has 29 heavy (non-hydrogen) atoms. The van der Waals surface area contributed by atoms with Gasteiger partial charge in [0, 0.05) is 31.6 Å². The molecule has 2 aliphatic rings. The summed E-state index contributed by atoms with van der Waals surface area (Å²) in [7, 11) is 0. The Morgan fingerprint density at radius 2 is 1.86 bits per heavy atom. The highest BCUT2D eigenvalue weighted by atomic mass is 19.1. The van der Waals surface area contributed by atoms with Crippen LogP contribution in [0.3, 0.4) is 0 Å². The standard InChI is InChI=1S/C23H30FN3O2/c1-16(28)22(25)19-9-6-10-20(19)26-15-21(29)27-13-11-18(12-14-27)23(2,24)17-7-4-3-5-8-17/h3-5,7-8,18,25-26H,6,9-15H2,1-2H3. The van der Waals surface area contributed by atoms with Crippen LogP contribution in [0.1, 0.15) is 51.5 Å². The first-order valence-corrected chi connectivity index (χ1v) is 10.4. The predicted octanol–water partition coefficient (Wildman–Crippen LogP) is 3.75. The molecule has 0 spiro atoms. The first-order valence-electron chi connectivity index (χ1n) is 10.4. The molecule has 1 atom stereocenters. The van der Waals surface area contributed by atoms with Crippen molar-refractivity contribution in [2.24, 2.45) is 5.92 Å². The molecule has 0 saturated carbocycles. The van der Waals surface area contributed by atoms with Crippen LogP contribution in [-0.2, 0) is 15.3 Å². The Kier molecular flexibility index (Phi) is 6.50. The molecular weight excluding hydrogens is 369 g/mol. The minimum Gasteiger partial charge on any atom is -0.379 e. The lowest BCUT2D eigenvalue weighted by atomic mass is 9.79. The molecule has 6 heteroatoms. The highest BCUT2D eigenvalue weighted by Crippen LogP contribution is 2.39. The van der Waals surface area contributed by atoms with Crippen LogP contribution >= 0.6 is 0 Å². The quantitative estimate of drug-likeness (QED) is 0.686. The van der Waals surface area contributed by atoms with Gasteiger partial charge in [-0.25, -0.2) is 4.39 Å². The molecule has 156 valence electrons. The van der Waals surface area contributed by atoms with Gasteiger partial charge in [-0.1, -0.05) is 30.3 Å². The number of nitrogens with zero attached hydrogens (tertiary/aromatic N) is 1. The second-order valence-corrected chi connectivity index (χ2v) is 8.19. The minimum absolute atomic E-state index is 0.0168. The molecule has 1 aromatic carbocycles. The smallest absolute Gasteiger partial charge is 0.241 e. The highest BCUT2D eigenvalue weighted by molar-refractivity contribution is 6.44. The number of rotatable bonds is 7. The fourth-order valence-electron chi connectivity index (χ4n) is 4.39. The fourth-order valence-corrected chi connectivity index (χ4v) is 4.39. The third-order valence-corrected chi connectivity index (χ3v) is 6.28. The zero-order valence-corrected chi connectivity index (χ0v) is 17.3. The molecule has 1 aliphatic heterocycles. The molecule has 5 nitrogen and oxygen atoms in total. The summed E-state index contributed by atoms with van der Waals surface area (Å²) in [4.78, 5) is 25.9. The van der Waals surface area contributed by atoms with Crippen LogP contribution in [0.2, 0.25) is 0 Å². The van der Waals surface area contributed by atoms with E-state index in [1.807, 2.05) is 30.3 Å². The van der Waals surface area contributed by atoms with Crippen molar-refractivity contribution < 1.29 is 14.0 Å². The van der Waals surface area contributed by atoms with Crippen LogP contribution in [0.5, 0.6) is 0 Å². The number of likely N-dealkylation sites (tertiary alicyclic amines) is 1. The summed E-state index contributed by atoms with van der Waals surface area (Å²) in [6, 6.07) is 9.25. The van der Waals surface area contributed by atoms with Gasteiger partial charge in [-0.05, 0) is 50.2 Å². The van der Waals surface area contributed by atoms with E-state index in [4.69, 9.17) is 5.41 Å². The molecule has 0 bridgehead atoms. The summed E-state index contributed by atoms with van der Waals surface area (Å²) >= 11 is 0. The Balaban J connectivity index is 1.53. The van der Waals surface area contributed by atoms with E-state index >= 15 is 4.39 Å². The first kappa shape index (κ1) is 21.2. The summed E-state index contributed by atoms with van der Waals surface area (Å²) in [6.07, 6.45) is 3.63. The molecule has 1 amide bonds. The van der Waals surface area contributed by atoms with Gasteiger partial charge >= 0.3 is 0 Å². The van der Waals surface area contributed by atoms with Crippen molar-refractivity contribution in [1.29, 1.82) is 5.41 Å². The van der Waals surface area contributed by atoms with E-state index in [0.29, 0.717) is 37.9 Å². The molecule has 1 aromatic rings. The molecule has 1 saturated heterocycles. The van der Waals surface area contributed by atoms with Crippen LogP contribution < -0.4 is 5.32 Å². The highest BCUT2D eigenvalue weighted by Gasteiger charge is 2.38. The van der Waals surface area contributed by atoms with E-state index in [1.165, 1.54) is 6.92 Å². The van der Waals surface area contributed by atoms with Crippen LogP contribution in [0.15, 0.2) is 41.6 Å². The Bertz CT molecular complexity index is 809. The number of amides is 1. The Labute approximate surface area is 171 Å². The van der Waals surface area contributed by atoms with E-state index in [1.54, 1.807) is 11.8 Å². The fraction of sp³-hybridized carbons (Fsp3) is 0.522. The maximum atomic E-state index is 15.4. The number of hydrogen-bond acceptors (Lipinski definition) is 4. The van der Waals surface area contributed by atoms with Crippen molar-refractivity contribution >= 4 is 17.4 Å². The van der Waals surface area contributed by atoms with Gasteiger partial charge in [0.05, 0.1) is 6.54 Å². The Morgan fingerprint density at radius 1 is 1.21 bits per heavy atom. The zero-order chi connectivity index (χ0) is 21.0. The Hall–Kier alpha value is -2.50. The molecule has 3 rings (SSSR count). The zero-order valence-electron chi connectivity index (χ0n) is 17.3. The predicted molar refractivity (Wildman–Crippen MR) is 111 cm³/mol. The normalized spacial score (nSPS) is 19.8. The van der Waals surface area contributed by atoms with Gasteiger partial charge in [-0.2, -0.15) is 0 Å². The van der Waals surface area contributed by atoms with E-state index in [-0.39, 0.29) is 29.9 Å². The number of Topliss-reactive ketones (excluding diaryl/α,β-unsaturated/α-hetero) is 1. The molecule has 1 unspecified atom stereocenters. The topological polar surface area (TPSA) is 73.3 Å². The number of benzene rings is 1. The van der Waals surface area contributed by atoms with Gasteiger partial charge in [0.2, 0.25) is 5.91 Å².